The molecule has 130 valence electrons. The van der Waals surface area contributed by atoms with E-state index < -0.39 is 0 Å². The van der Waals surface area contributed by atoms with Crippen LogP contribution >= 0.6 is 24.0 Å². The molecule has 1 unspecified atom stereocenters. The number of aryl methyl sites for hydroxylation is 1. The monoisotopic (exact) mass is 371 g/mol. The predicted octanol–water partition coefficient (Wildman–Crippen LogP) is 2.55. The van der Waals surface area contributed by atoms with Crippen molar-refractivity contribution in [3.8, 4) is 0 Å². The molecule has 7 nitrogen and oxygen atoms in total. The molecule has 3 rings (SSSR count). The van der Waals surface area contributed by atoms with Crippen LogP contribution < -0.4 is 5.32 Å². The molecule has 0 bridgehead atoms. The van der Waals surface area contributed by atoms with Crippen LogP contribution in [0.15, 0.2) is 30.6 Å². The SMILES string of the molecule is Cl.Cn1ccnc1C1CNCCN1Cc1ccc(Cl)cc1[N+](=O)[O-]. The van der Waals surface area contributed by atoms with Gasteiger partial charge in [-0.05, 0) is 12.1 Å². The highest BCUT2D eigenvalue weighted by atomic mass is 35.5. The molecule has 1 N–H and O–H groups in total. The second-order valence-corrected chi connectivity index (χ2v) is 6.05. The molecule has 0 saturated carbocycles. The minimum atomic E-state index is -0.376. The summed E-state index contributed by atoms with van der Waals surface area (Å²) in [5.74, 6) is 0.953. The van der Waals surface area contributed by atoms with E-state index in [1.165, 1.54) is 6.07 Å². The molecule has 1 atom stereocenters. The topological polar surface area (TPSA) is 76.2 Å². The molecular weight excluding hydrogens is 353 g/mol. The predicted molar refractivity (Wildman–Crippen MR) is 94.6 cm³/mol. The van der Waals surface area contributed by atoms with Crippen LogP contribution in [0.25, 0.3) is 0 Å². The van der Waals surface area contributed by atoms with Gasteiger partial charge in [0.1, 0.15) is 5.82 Å². The zero-order valence-electron chi connectivity index (χ0n) is 13.2. The molecule has 2 aromatic rings. The lowest BCUT2D eigenvalue weighted by molar-refractivity contribution is -0.385. The minimum absolute atomic E-state index is 0. The molecule has 1 saturated heterocycles. The van der Waals surface area contributed by atoms with Gasteiger partial charge in [0, 0.05) is 62.3 Å². The van der Waals surface area contributed by atoms with E-state index in [1.54, 1.807) is 18.3 Å². The number of benzene rings is 1. The average Bonchev–Trinajstić information content (AvgIpc) is 2.95. The highest BCUT2D eigenvalue weighted by Crippen LogP contribution is 2.28. The Labute approximate surface area is 151 Å². The number of nitro benzene ring substituents is 1. The Morgan fingerprint density at radius 3 is 2.96 bits per heavy atom. The Morgan fingerprint density at radius 1 is 1.50 bits per heavy atom. The van der Waals surface area contributed by atoms with Crippen molar-refractivity contribution < 1.29 is 4.92 Å². The molecule has 0 spiro atoms. The van der Waals surface area contributed by atoms with Gasteiger partial charge in [0.05, 0.1) is 11.0 Å². The van der Waals surface area contributed by atoms with Gasteiger partial charge in [-0.15, -0.1) is 12.4 Å². The van der Waals surface area contributed by atoms with Crippen molar-refractivity contribution in [1.29, 1.82) is 0 Å². The Hall–Kier alpha value is -1.67. The van der Waals surface area contributed by atoms with Gasteiger partial charge in [0.25, 0.3) is 5.69 Å². The molecule has 24 heavy (non-hydrogen) atoms. The van der Waals surface area contributed by atoms with Crippen LogP contribution in [0.1, 0.15) is 17.4 Å². The standard InChI is InChI=1S/C15H18ClN5O2.ClH/c1-19-6-5-18-15(19)14-9-17-4-7-20(14)10-11-2-3-12(16)8-13(11)21(22)23;/h2-3,5-6,8,14,17H,4,7,9-10H2,1H3;1H. The highest BCUT2D eigenvalue weighted by molar-refractivity contribution is 6.30. The van der Waals surface area contributed by atoms with Crippen molar-refractivity contribution in [1.82, 2.24) is 19.8 Å². The fourth-order valence-corrected chi connectivity index (χ4v) is 3.11. The van der Waals surface area contributed by atoms with Crippen LogP contribution in [0.2, 0.25) is 5.02 Å². The van der Waals surface area contributed by atoms with Crippen LogP contribution in [0.5, 0.6) is 0 Å². The van der Waals surface area contributed by atoms with Crippen molar-refractivity contribution in [2.45, 2.75) is 12.6 Å². The number of nitro groups is 1. The van der Waals surface area contributed by atoms with E-state index in [9.17, 15) is 10.1 Å². The van der Waals surface area contributed by atoms with Crippen molar-refractivity contribution in [2.75, 3.05) is 19.6 Å². The van der Waals surface area contributed by atoms with Crippen LogP contribution in [-0.2, 0) is 13.6 Å². The maximum absolute atomic E-state index is 11.3. The first-order chi connectivity index (χ1) is 11.1. The number of rotatable bonds is 4. The van der Waals surface area contributed by atoms with Gasteiger partial charge in [0.2, 0.25) is 0 Å². The molecule has 1 fully saturated rings. The average molecular weight is 372 g/mol. The zero-order chi connectivity index (χ0) is 16.4. The first-order valence-electron chi connectivity index (χ1n) is 7.41. The van der Waals surface area contributed by atoms with Crippen molar-refractivity contribution in [2.24, 2.45) is 7.05 Å². The minimum Gasteiger partial charge on any atom is -0.337 e. The van der Waals surface area contributed by atoms with Gasteiger partial charge in [-0.25, -0.2) is 4.98 Å². The summed E-state index contributed by atoms with van der Waals surface area (Å²) in [7, 11) is 1.96. The second-order valence-electron chi connectivity index (χ2n) is 5.62. The fraction of sp³-hybridized carbons (Fsp3) is 0.400. The van der Waals surface area contributed by atoms with Crippen molar-refractivity contribution in [3.63, 3.8) is 0 Å². The smallest absolute Gasteiger partial charge is 0.275 e. The summed E-state index contributed by atoms with van der Waals surface area (Å²) in [5, 5.41) is 15.0. The van der Waals surface area contributed by atoms with Crippen molar-refractivity contribution in [3.05, 3.63) is 57.1 Å². The molecule has 1 aliphatic rings. The van der Waals surface area contributed by atoms with Crippen LogP contribution in [-0.4, -0.2) is 39.0 Å². The summed E-state index contributed by atoms with van der Waals surface area (Å²) in [5.41, 5.74) is 0.732. The Kier molecular flexibility index (Phi) is 6.17. The Balaban J connectivity index is 0.00000208. The number of halogens is 2. The first-order valence-corrected chi connectivity index (χ1v) is 7.79. The summed E-state index contributed by atoms with van der Waals surface area (Å²) >= 11 is 5.89. The number of imidazole rings is 1. The van der Waals surface area contributed by atoms with E-state index in [2.05, 4.69) is 15.2 Å². The number of hydrogen-bond donors (Lipinski definition) is 1. The Morgan fingerprint density at radius 2 is 2.29 bits per heavy atom. The van der Waals surface area contributed by atoms with Gasteiger partial charge < -0.3 is 9.88 Å². The molecule has 0 amide bonds. The third kappa shape index (κ3) is 3.87. The summed E-state index contributed by atoms with van der Waals surface area (Å²) in [6.07, 6.45) is 3.68. The Bertz CT molecular complexity index is 722. The van der Waals surface area contributed by atoms with Gasteiger partial charge in [0.15, 0.2) is 0 Å². The van der Waals surface area contributed by atoms with E-state index in [4.69, 9.17) is 11.6 Å². The second kappa shape index (κ2) is 7.94. The van der Waals surface area contributed by atoms with E-state index in [0.29, 0.717) is 17.1 Å². The largest absolute Gasteiger partial charge is 0.337 e. The summed E-state index contributed by atoms with van der Waals surface area (Å²) in [6, 6.07) is 4.92. The maximum Gasteiger partial charge on any atom is 0.275 e. The number of piperazine rings is 1. The quantitative estimate of drug-likeness (QED) is 0.660. The summed E-state index contributed by atoms with van der Waals surface area (Å²) in [6.45, 7) is 2.92. The lowest BCUT2D eigenvalue weighted by atomic mass is 10.1. The lowest BCUT2D eigenvalue weighted by Gasteiger charge is -2.35. The third-order valence-corrected chi connectivity index (χ3v) is 4.36. The zero-order valence-corrected chi connectivity index (χ0v) is 14.8. The van der Waals surface area contributed by atoms with Gasteiger partial charge >= 0.3 is 0 Å². The van der Waals surface area contributed by atoms with Gasteiger partial charge in [-0.2, -0.15) is 0 Å². The summed E-state index contributed by atoms with van der Waals surface area (Å²) < 4.78 is 1.99. The van der Waals surface area contributed by atoms with Crippen LogP contribution in [0.3, 0.4) is 0 Å². The van der Waals surface area contributed by atoms with Crippen LogP contribution in [0, 0.1) is 10.1 Å². The van der Waals surface area contributed by atoms with Gasteiger partial charge in [-0.1, -0.05) is 11.6 Å². The molecule has 1 aromatic heterocycles. The maximum atomic E-state index is 11.3. The molecule has 0 aliphatic carbocycles. The van der Waals surface area contributed by atoms with E-state index >= 15 is 0 Å². The van der Waals surface area contributed by atoms with E-state index in [1.807, 2.05) is 17.8 Å². The number of hydrogen-bond acceptors (Lipinski definition) is 5. The lowest BCUT2D eigenvalue weighted by Crippen LogP contribution is -2.46. The number of aromatic nitrogens is 2. The van der Waals surface area contributed by atoms with Crippen molar-refractivity contribution >= 4 is 29.7 Å². The van der Waals surface area contributed by atoms with Gasteiger partial charge in [-0.3, -0.25) is 15.0 Å². The summed E-state index contributed by atoms with van der Waals surface area (Å²) in [4.78, 5) is 17.6. The molecule has 1 aliphatic heterocycles. The van der Waals surface area contributed by atoms with E-state index in [-0.39, 0.29) is 29.1 Å². The normalized spacial score (nSPS) is 18.2. The highest BCUT2D eigenvalue weighted by Gasteiger charge is 2.28. The molecular formula is C15H19Cl2N5O2. The molecule has 0 radical (unpaired) electrons. The van der Waals surface area contributed by atoms with E-state index in [0.717, 1.165) is 25.5 Å². The first kappa shape index (κ1) is 18.7. The molecule has 1 aromatic carbocycles. The molecule has 9 heteroatoms. The number of nitrogens with zero attached hydrogens (tertiary/aromatic N) is 4. The van der Waals surface area contributed by atoms with Crippen LogP contribution in [0.4, 0.5) is 5.69 Å². The molecule has 2 heterocycles. The number of nitrogens with one attached hydrogen (secondary N) is 1. The third-order valence-electron chi connectivity index (χ3n) is 4.13. The fourth-order valence-electron chi connectivity index (χ4n) is 2.95.